The van der Waals surface area contributed by atoms with E-state index >= 15 is 0 Å². The molecule has 1 atom stereocenters. The molecule has 0 heterocycles. The molecule has 1 amide bonds. The molecular formula is C8H14N2O3. The molecule has 1 saturated carbocycles. The monoisotopic (exact) mass is 186 g/mol. The highest BCUT2D eigenvalue weighted by atomic mass is 16.4. The molecule has 0 saturated heterocycles. The Bertz CT molecular complexity index is 236. The van der Waals surface area contributed by atoms with Gasteiger partial charge in [-0.3, -0.25) is 9.59 Å². The number of carbonyl (C=O) groups is 2. The summed E-state index contributed by atoms with van der Waals surface area (Å²) in [5.41, 5.74) is 4.87. The van der Waals surface area contributed by atoms with Crippen LogP contribution in [0.4, 0.5) is 0 Å². The summed E-state index contributed by atoms with van der Waals surface area (Å²) in [5, 5.41) is 10.9. The highest BCUT2D eigenvalue weighted by Crippen LogP contribution is 2.29. The Morgan fingerprint density at radius 3 is 2.38 bits per heavy atom. The first kappa shape index (κ1) is 9.98. The van der Waals surface area contributed by atoms with E-state index in [0.29, 0.717) is 12.8 Å². The fourth-order valence-electron chi connectivity index (χ4n) is 1.19. The Hall–Kier alpha value is -1.10. The van der Waals surface area contributed by atoms with Gasteiger partial charge in [0.25, 0.3) is 0 Å². The fourth-order valence-corrected chi connectivity index (χ4v) is 1.19. The lowest BCUT2D eigenvalue weighted by Gasteiger charge is -2.36. The third kappa shape index (κ3) is 1.98. The maximum Gasteiger partial charge on any atom is 0.325 e. The highest BCUT2D eigenvalue weighted by Gasteiger charge is 2.40. The summed E-state index contributed by atoms with van der Waals surface area (Å²) in [7, 11) is 0. The molecular weight excluding hydrogens is 172 g/mol. The minimum Gasteiger partial charge on any atom is -0.480 e. The topological polar surface area (TPSA) is 92.4 Å². The van der Waals surface area contributed by atoms with Gasteiger partial charge in [-0.15, -0.1) is 0 Å². The zero-order chi connectivity index (χ0) is 10.1. The van der Waals surface area contributed by atoms with Crippen molar-refractivity contribution in [1.82, 2.24) is 5.32 Å². The predicted molar refractivity (Wildman–Crippen MR) is 46.0 cm³/mol. The molecule has 1 unspecified atom stereocenters. The lowest BCUT2D eigenvalue weighted by Crippen LogP contribution is -2.60. The quantitative estimate of drug-likeness (QED) is 0.551. The number of carbonyl (C=O) groups excluding carboxylic acids is 1. The molecule has 0 aliphatic heterocycles. The number of aliphatic carboxylic acids is 1. The van der Waals surface area contributed by atoms with Crippen molar-refractivity contribution in [2.75, 3.05) is 0 Å². The van der Waals surface area contributed by atoms with Gasteiger partial charge in [0, 0.05) is 0 Å². The van der Waals surface area contributed by atoms with Gasteiger partial charge in [0.15, 0.2) is 0 Å². The van der Waals surface area contributed by atoms with Crippen molar-refractivity contribution in [2.45, 2.75) is 37.8 Å². The molecule has 1 aliphatic carbocycles. The molecule has 1 aliphatic rings. The molecule has 0 aromatic heterocycles. The first-order chi connectivity index (χ1) is 5.96. The smallest absolute Gasteiger partial charge is 0.325 e. The van der Waals surface area contributed by atoms with Crippen molar-refractivity contribution in [1.29, 1.82) is 0 Å². The maximum absolute atomic E-state index is 11.4. The van der Waals surface area contributed by atoms with Gasteiger partial charge >= 0.3 is 5.97 Å². The van der Waals surface area contributed by atoms with Crippen LogP contribution in [0.3, 0.4) is 0 Å². The minimum absolute atomic E-state index is 0.353. The summed E-state index contributed by atoms with van der Waals surface area (Å²) in [5.74, 6) is -1.40. The third-order valence-electron chi connectivity index (χ3n) is 2.42. The number of hydrogen-bond acceptors (Lipinski definition) is 3. The third-order valence-corrected chi connectivity index (χ3v) is 2.42. The summed E-state index contributed by atoms with van der Waals surface area (Å²) >= 11 is 0. The van der Waals surface area contributed by atoms with Crippen LogP contribution >= 0.6 is 0 Å². The van der Waals surface area contributed by atoms with Crippen LogP contribution in [0.1, 0.15) is 26.2 Å². The van der Waals surface area contributed by atoms with Gasteiger partial charge < -0.3 is 16.2 Å². The van der Waals surface area contributed by atoms with E-state index in [1.54, 1.807) is 0 Å². The number of carboxylic acids is 1. The van der Waals surface area contributed by atoms with E-state index in [1.807, 2.05) is 0 Å². The molecule has 0 radical (unpaired) electrons. The van der Waals surface area contributed by atoms with Crippen molar-refractivity contribution in [2.24, 2.45) is 5.73 Å². The van der Waals surface area contributed by atoms with Crippen molar-refractivity contribution >= 4 is 11.9 Å². The average Bonchev–Trinajstić information content (AvgIpc) is 1.99. The van der Waals surface area contributed by atoms with Crippen molar-refractivity contribution in [3.63, 3.8) is 0 Å². The molecule has 4 N–H and O–H groups in total. The zero-order valence-electron chi connectivity index (χ0n) is 7.54. The van der Waals surface area contributed by atoms with E-state index in [1.165, 1.54) is 6.92 Å². The van der Waals surface area contributed by atoms with Crippen LogP contribution in [-0.4, -0.2) is 28.6 Å². The number of nitrogens with two attached hydrogens (primary N) is 1. The maximum atomic E-state index is 11.4. The Labute approximate surface area is 76.3 Å². The molecule has 13 heavy (non-hydrogen) atoms. The van der Waals surface area contributed by atoms with E-state index in [9.17, 15) is 9.59 Å². The molecule has 5 nitrogen and oxygen atoms in total. The fraction of sp³-hybridized carbons (Fsp3) is 0.750. The van der Waals surface area contributed by atoms with E-state index < -0.39 is 17.6 Å². The molecule has 0 aromatic rings. The van der Waals surface area contributed by atoms with E-state index in [2.05, 4.69) is 5.32 Å². The summed E-state index contributed by atoms with van der Waals surface area (Å²) < 4.78 is 0. The Morgan fingerprint density at radius 2 is 2.08 bits per heavy atom. The molecule has 0 spiro atoms. The number of nitrogens with one attached hydrogen (secondary N) is 1. The van der Waals surface area contributed by atoms with Crippen LogP contribution in [0.5, 0.6) is 0 Å². The number of rotatable bonds is 3. The van der Waals surface area contributed by atoms with E-state index in [4.69, 9.17) is 10.8 Å². The molecule has 0 bridgehead atoms. The van der Waals surface area contributed by atoms with Gasteiger partial charge in [0.05, 0.1) is 5.54 Å². The number of amides is 1. The highest BCUT2D eigenvalue weighted by molar-refractivity contribution is 5.90. The van der Waals surface area contributed by atoms with Gasteiger partial charge in [-0.05, 0) is 26.2 Å². The van der Waals surface area contributed by atoms with Gasteiger partial charge in [0.2, 0.25) is 5.91 Å². The van der Waals surface area contributed by atoms with Gasteiger partial charge in [0.1, 0.15) is 6.04 Å². The van der Waals surface area contributed by atoms with Crippen LogP contribution in [0, 0.1) is 0 Å². The lowest BCUT2D eigenvalue weighted by atomic mass is 9.77. The predicted octanol–water partition coefficient (Wildman–Crippen LogP) is -0.543. The zero-order valence-corrected chi connectivity index (χ0v) is 7.54. The summed E-state index contributed by atoms with van der Waals surface area (Å²) in [6, 6.07) is -0.867. The van der Waals surface area contributed by atoms with Crippen molar-refractivity contribution in [3.05, 3.63) is 0 Å². The number of carboxylic acid groups (broad SMARTS) is 1. The molecule has 0 aromatic carbocycles. The summed E-state index contributed by atoms with van der Waals surface area (Å²) in [6.07, 6.45) is 2.22. The normalized spacial score (nSPS) is 21.4. The molecule has 74 valence electrons. The van der Waals surface area contributed by atoms with Crippen LogP contribution in [0.25, 0.3) is 0 Å². The molecule has 5 heteroatoms. The van der Waals surface area contributed by atoms with Gasteiger partial charge in [-0.1, -0.05) is 0 Å². The average molecular weight is 186 g/mol. The van der Waals surface area contributed by atoms with E-state index in [-0.39, 0.29) is 5.91 Å². The molecule has 1 rings (SSSR count). The lowest BCUT2D eigenvalue weighted by molar-refractivity contribution is -0.142. The van der Waals surface area contributed by atoms with Crippen molar-refractivity contribution < 1.29 is 14.7 Å². The largest absolute Gasteiger partial charge is 0.480 e. The first-order valence-corrected chi connectivity index (χ1v) is 4.28. The van der Waals surface area contributed by atoms with E-state index in [0.717, 1.165) is 6.42 Å². The summed E-state index contributed by atoms with van der Waals surface area (Å²) in [4.78, 5) is 21.8. The Kier molecular flexibility index (Phi) is 2.56. The minimum atomic E-state index is -1.05. The van der Waals surface area contributed by atoms with Crippen LogP contribution in [0.15, 0.2) is 0 Å². The second-order valence-electron chi connectivity index (χ2n) is 3.54. The second kappa shape index (κ2) is 3.33. The number of hydrogen-bond donors (Lipinski definition) is 3. The van der Waals surface area contributed by atoms with Crippen molar-refractivity contribution in [3.8, 4) is 0 Å². The SMILES string of the molecule is CC(NC(=O)C1(N)CCC1)C(=O)O. The molecule has 1 fully saturated rings. The van der Waals surface area contributed by atoms with Crippen LogP contribution in [-0.2, 0) is 9.59 Å². The second-order valence-corrected chi connectivity index (χ2v) is 3.54. The standard InChI is InChI=1S/C8H14N2O3/c1-5(6(11)12)10-7(13)8(9)3-2-4-8/h5H,2-4,9H2,1H3,(H,10,13)(H,11,12). The first-order valence-electron chi connectivity index (χ1n) is 4.28. The Balaban J connectivity index is 2.45. The van der Waals surface area contributed by atoms with Crippen LogP contribution in [0.2, 0.25) is 0 Å². The Morgan fingerprint density at radius 1 is 1.54 bits per heavy atom. The van der Waals surface area contributed by atoms with Gasteiger partial charge in [-0.2, -0.15) is 0 Å². The van der Waals surface area contributed by atoms with Crippen LogP contribution < -0.4 is 11.1 Å². The van der Waals surface area contributed by atoms with Gasteiger partial charge in [-0.25, -0.2) is 0 Å². The summed E-state index contributed by atoms with van der Waals surface area (Å²) in [6.45, 7) is 1.42.